The van der Waals surface area contributed by atoms with Crippen LogP contribution in [0.1, 0.15) is 85.0 Å². The Bertz CT molecular complexity index is 705. The molecule has 2 aliphatic rings. The van der Waals surface area contributed by atoms with Crippen molar-refractivity contribution in [3.8, 4) is 0 Å². The summed E-state index contributed by atoms with van der Waals surface area (Å²) in [5.41, 5.74) is 0.705. The Hall–Kier alpha value is -1.75. The lowest BCUT2D eigenvalue weighted by Gasteiger charge is -2.27. The number of halogens is 1. The van der Waals surface area contributed by atoms with Gasteiger partial charge >= 0.3 is 5.97 Å². The fraction of sp³-hybridized carbons (Fsp3) is 0.714. The Morgan fingerprint density at radius 2 is 1.91 bits per heavy atom. The molecule has 0 bridgehead atoms. The fourth-order valence-corrected chi connectivity index (χ4v) is 5.01. The maximum absolute atomic E-state index is 15.1. The third kappa shape index (κ3) is 9.19. The minimum atomic E-state index is -1.24. The van der Waals surface area contributed by atoms with Gasteiger partial charge in [0.2, 0.25) is 0 Å². The number of hydrogen-bond acceptors (Lipinski definition) is 4. The van der Waals surface area contributed by atoms with E-state index in [9.17, 15) is 9.59 Å². The molecule has 1 heterocycles. The number of Topliss-reactive ketones (excluding diaryl/α,β-unsaturated/α-hetero) is 1. The van der Waals surface area contributed by atoms with Gasteiger partial charge in [-0.2, -0.15) is 0 Å². The standard InChI is InChI=1S/C28H43FO4/c1-20-19-21(2)28(22(3)24(30)16-12-15-23-13-8-7-9-14-23)33-26(31)18-11-6-5-10-17-25(32-4)27(20)29/h10-11,17-20,22-23,25,27-28H,5-9,12-16H2,1-4H3/b17-10+,18-11?,21-19-/t20-,22-,25+,27+,28?/m1/s1. The highest BCUT2D eigenvalue weighted by Gasteiger charge is 2.30. The zero-order valence-electron chi connectivity index (χ0n) is 20.9. The number of alkyl halides is 1. The molecule has 2 rings (SSSR count). The zero-order valence-corrected chi connectivity index (χ0v) is 20.9. The van der Waals surface area contributed by atoms with E-state index in [1.165, 1.54) is 45.3 Å². The normalized spacial score (nSPS) is 31.7. The summed E-state index contributed by atoms with van der Waals surface area (Å²) in [5, 5.41) is 0. The molecule has 0 aromatic carbocycles. The minimum Gasteiger partial charge on any atom is -0.454 e. The maximum atomic E-state index is 15.1. The van der Waals surface area contributed by atoms with Crippen LogP contribution in [0.4, 0.5) is 4.39 Å². The molecule has 1 saturated carbocycles. The van der Waals surface area contributed by atoms with Crippen LogP contribution in [0, 0.1) is 17.8 Å². The number of methoxy groups -OCH3 is 1. The van der Waals surface area contributed by atoms with Crippen LogP contribution in [0.5, 0.6) is 0 Å². The van der Waals surface area contributed by atoms with Crippen LogP contribution in [0.3, 0.4) is 0 Å². The van der Waals surface area contributed by atoms with Crippen LogP contribution in [0.25, 0.3) is 0 Å². The van der Waals surface area contributed by atoms with E-state index in [-0.39, 0.29) is 5.78 Å². The summed E-state index contributed by atoms with van der Waals surface area (Å²) in [5.74, 6) is -0.543. The third-order valence-corrected chi connectivity index (χ3v) is 7.11. The predicted octanol–water partition coefficient (Wildman–Crippen LogP) is 6.70. The van der Waals surface area contributed by atoms with E-state index in [0.717, 1.165) is 18.8 Å². The molecule has 1 aliphatic heterocycles. The summed E-state index contributed by atoms with van der Waals surface area (Å²) in [4.78, 5) is 25.5. The maximum Gasteiger partial charge on any atom is 0.331 e. The van der Waals surface area contributed by atoms with Gasteiger partial charge in [-0.1, -0.05) is 76.7 Å². The molecule has 0 aromatic heterocycles. The van der Waals surface area contributed by atoms with E-state index in [4.69, 9.17) is 9.47 Å². The smallest absolute Gasteiger partial charge is 0.331 e. The largest absolute Gasteiger partial charge is 0.454 e. The average molecular weight is 463 g/mol. The number of carbonyl (C=O) groups excluding carboxylic acids is 2. The van der Waals surface area contributed by atoms with Crippen molar-refractivity contribution in [3.05, 3.63) is 36.0 Å². The van der Waals surface area contributed by atoms with Crippen molar-refractivity contribution in [1.82, 2.24) is 0 Å². The van der Waals surface area contributed by atoms with Crippen LogP contribution in [0.2, 0.25) is 0 Å². The topological polar surface area (TPSA) is 52.6 Å². The highest BCUT2D eigenvalue weighted by Crippen LogP contribution is 2.29. The molecule has 1 fully saturated rings. The second-order valence-electron chi connectivity index (χ2n) is 9.83. The molecule has 1 unspecified atom stereocenters. The number of ketones is 1. The van der Waals surface area contributed by atoms with Gasteiger partial charge in [-0.25, -0.2) is 9.18 Å². The highest BCUT2D eigenvalue weighted by molar-refractivity contribution is 5.84. The van der Waals surface area contributed by atoms with Crippen molar-refractivity contribution in [2.45, 2.75) is 103 Å². The molecule has 5 heteroatoms. The van der Waals surface area contributed by atoms with Crippen LogP contribution >= 0.6 is 0 Å². The molecule has 33 heavy (non-hydrogen) atoms. The summed E-state index contributed by atoms with van der Waals surface area (Å²) >= 11 is 0. The molecular formula is C28H43FO4. The predicted molar refractivity (Wildman–Crippen MR) is 131 cm³/mol. The number of allylic oxidation sites excluding steroid dienone is 3. The van der Waals surface area contributed by atoms with E-state index >= 15 is 4.39 Å². The molecular weight excluding hydrogens is 419 g/mol. The highest BCUT2D eigenvalue weighted by atomic mass is 19.1. The van der Waals surface area contributed by atoms with Gasteiger partial charge in [0, 0.05) is 25.5 Å². The summed E-state index contributed by atoms with van der Waals surface area (Å²) in [6.45, 7) is 5.43. The molecule has 5 atom stereocenters. The van der Waals surface area contributed by atoms with E-state index in [1.54, 1.807) is 25.2 Å². The van der Waals surface area contributed by atoms with Gasteiger partial charge in [-0.05, 0) is 37.7 Å². The van der Waals surface area contributed by atoms with Crippen LogP contribution in [-0.4, -0.2) is 37.2 Å². The molecule has 0 amide bonds. The van der Waals surface area contributed by atoms with E-state index < -0.39 is 36.2 Å². The van der Waals surface area contributed by atoms with Gasteiger partial charge in [0.05, 0.1) is 5.92 Å². The van der Waals surface area contributed by atoms with Crippen molar-refractivity contribution in [2.24, 2.45) is 17.8 Å². The Kier molecular flexibility index (Phi) is 12.1. The van der Waals surface area contributed by atoms with Crippen molar-refractivity contribution in [1.29, 1.82) is 0 Å². The third-order valence-electron chi connectivity index (χ3n) is 7.11. The Morgan fingerprint density at radius 3 is 2.61 bits per heavy atom. The first-order chi connectivity index (χ1) is 15.8. The summed E-state index contributed by atoms with van der Waals surface area (Å²) in [7, 11) is 1.51. The molecule has 0 N–H and O–H groups in total. The molecule has 1 aliphatic carbocycles. The Labute approximate surface area is 199 Å². The average Bonchev–Trinajstić information content (AvgIpc) is 2.81. The van der Waals surface area contributed by atoms with Crippen molar-refractivity contribution in [2.75, 3.05) is 7.11 Å². The van der Waals surface area contributed by atoms with Gasteiger partial charge < -0.3 is 9.47 Å². The lowest BCUT2D eigenvalue weighted by atomic mass is 9.84. The number of rotatable bonds is 7. The van der Waals surface area contributed by atoms with E-state index in [2.05, 4.69) is 0 Å². The lowest BCUT2D eigenvalue weighted by molar-refractivity contribution is -0.145. The van der Waals surface area contributed by atoms with Crippen molar-refractivity contribution >= 4 is 11.8 Å². The van der Waals surface area contributed by atoms with Gasteiger partial charge in [0.15, 0.2) is 0 Å². The summed E-state index contributed by atoms with van der Waals surface area (Å²) in [6, 6.07) is 0. The van der Waals surface area contributed by atoms with Gasteiger partial charge in [-0.15, -0.1) is 0 Å². The summed E-state index contributed by atoms with van der Waals surface area (Å²) in [6.07, 6.45) is 16.3. The molecule has 0 aromatic rings. The first kappa shape index (κ1) is 27.5. The van der Waals surface area contributed by atoms with Crippen molar-refractivity contribution < 1.29 is 23.5 Å². The Morgan fingerprint density at radius 1 is 1.21 bits per heavy atom. The second kappa shape index (κ2) is 14.5. The number of esters is 1. The fourth-order valence-electron chi connectivity index (χ4n) is 5.01. The molecule has 0 radical (unpaired) electrons. The van der Waals surface area contributed by atoms with Crippen molar-refractivity contribution in [3.63, 3.8) is 0 Å². The van der Waals surface area contributed by atoms with Crippen LogP contribution < -0.4 is 0 Å². The minimum absolute atomic E-state index is 0.101. The first-order valence-corrected chi connectivity index (χ1v) is 12.7. The molecule has 0 spiro atoms. The van der Waals surface area contributed by atoms with Gasteiger partial charge in [0.25, 0.3) is 0 Å². The number of hydrogen-bond donors (Lipinski definition) is 0. The number of ether oxygens (including phenoxy) is 2. The van der Waals surface area contributed by atoms with E-state index in [0.29, 0.717) is 24.8 Å². The quantitative estimate of drug-likeness (QED) is 0.312. The van der Waals surface area contributed by atoms with E-state index in [1.807, 2.05) is 19.9 Å². The zero-order chi connectivity index (χ0) is 24.2. The molecule has 186 valence electrons. The van der Waals surface area contributed by atoms with Gasteiger partial charge in [-0.3, -0.25) is 4.79 Å². The molecule has 0 saturated heterocycles. The monoisotopic (exact) mass is 462 g/mol. The van der Waals surface area contributed by atoms with Crippen LogP contribution in [-0.2, 0) is 19.1 Å². The van der Waals surface area contributed by atoms with Crippen LogP contribution in [0.15, 0.2) is 36.0 Å². The number of cyclic esters (lactones) is 1. The lowest BCUT2D eigenvalue weighted by Crippen LogP contribution is -2.33. The first-order valence-electron chi connectivity index (χ1n) is 12.7. The summed E-state index contributed by atoms with van der Waals surface area (Å²) < 4.78 is 26.2. The Balaban J connectivity index is 2.12. The second-order valence-corrected chi connectivity index (χ2v) is 9.83. The number of carbonyl (C=O) groups is 2. The molecule has 4 nitrogen and oxygen atoms in total. The van der Waals surface area contributed by atoms with Gasteiger partial charge in [0.1, 0.15) is 24.2 Å². The SMILES string of the molecule is CO[C@H]1/C=C/CCC=CC(=O)OC([C@H](C)C(=O)CCCC2CCCCC2)/C(C)=C\[C@@H](C)[C@@H]1F.